The second-order valence-electron chi connectivity index (χ2n) is 12.4. The SMILES string of the molecule is CN(C(=O)NCc1cccc(C(F)(F)F)c1)[C@@H]1CC[C@@]2(O)[C@@H]3Cc4ccc(O)c5c4[C@@]2(CCN3CC2CC2)[C@H]1O5. The lowest BCUT2D eigenvalue weighted by Gasteiger charge is -2.64. The number of benzene rings is 2. The number of urea groups is 1. The molecule has 2 amide bonds. The van der Waals surface area contributed by atoms with Crippen molar-refractivity contribution >= 4 is 6.03 Å². The predicted octanol–water partition coefficient (Wildman–Crippen LogP) is 4.19. The third kappa shape index (κ3) is 3.67. The van der Waals surface area contributed by atoms with E-state index in [9.17, 15) is 28.2 Å². The van der Waals surface area contributed by atoms with Crippen molar-refractivity contribution in [3.63, 3.8) is 0 Å². The number of hydrogen-bond donors (Lipinski definition) is 3. The van der Waals surface area contributed by atoms with Crippen molar-refractivity contribution in [1.82, 2.24) is 15.1 Å². The zero-order chi connectivity index (χ0) is 28.0. The molecule has 2 aromatic carbocycles. The third-order valence-electron chi connectivity index (χ3n) is 10.2. The van der Waals surface area contributed by atoms with Crippen LogP contribution in [-0.4, -0.2) is 70.0 Å². The van der Waals surface area contributed by atoms with Gasteiger partial charge >= 0.3 is 12.2 Å². The first kappa shape index (κ1) is 26.0. The van der Waals surface area contributed by atoms with Gasteiger partial charge in [-0.25, -0.2) is 4.79 Å². The molecule has 3 fully saturated rings. The Morgan fingerprint density at radius 3 is 2.75 bits per heavy atom. The fourth-order valence-corrected chi connectivity index (χ4v) is 8.16. The summed E-state index contributed by atoms with van der Waals surface area (Å²) in [7, 11) is 1.67. The van der Waals surface area contributed by atoms with E-state index in [-0.39, 0.29) is 18.3 Å². The molecule has 1 saturated heterocycles. The van der Waals surface area contributed by atoms with Crippen molar-refractivity contribution in [3.8, 4) is 11.5 Å². The van der Waals surface area contributed by atoms with Gasteiger partial charge in [0.05, 0.1) is 22.6 Å². The highest BCUT2D eigenvalue weighted by Gasteiger charge is 2.73. The Balaban J connectivity index is 1.17. The van der Waals surface area contributed by atoms with Gasteiger partial charge in [0.25, 0.3) is 0 Å². The van der Waals surface area contributed by atoms with Gasteiger partial charge in [0, 0.05) is 31.7 Å². The summed E-state index contributed by atoms with van der Waals surface area (Å²) in [5.74, 6) is 1.15. The van der Waals surface area contributed by atoms with Crippen molar-refractivity contribution < 1.29 is 32.9 Å². The third-order valence-corrected chi connectivity index (χ3v) is 10.2. The van der Waals surface area contributed by atoms with Crippen LogP contribution in [0.25, 0.3) is 0 Å². The zero-order valence-electron chi connectivity index (χ0n) is 22.4. The number of nitrogens with one attached hydrogen (secondary N) is 1. The molecule has 7 nitrogen and oxygen atoms in total. The maximum atomic E-state index is 13.3. The summed E-state index contributed by atoms with van der Waals surface area (Å²) in [5.41, 5.74) is -0.232. The lowest BCUT2D eigenvalue weighted by Crippen LogP contribution is -2.78. The standard InChI is InChI=1S/C30H34F3N3O4/c1-35(27(38)34-15-18-3-2-4-20(13-18)30(31,32)33)21-9-10-29(39)23-14-19-7-8-22(37)25-24(19)28(29,26(21)40-25)11-12-36(23)16-17-5-6-17/h2-4,7-8,13,17,21,23,26,37,39H,5-6,9-12,14-16H2,1H3,(H,34,38)/t21-,23+,26+,28+,29-/m1/s1. The van der Waals surface area contributed by atoms with Crippen LogP contribution in [0.5, 0.6) is 11.5 Å². The molecule has 1 spiro atoms. The fraction of sp³-hybridized carbons (Fsp3) is 0.567. The first-order chi connectivity index (χ1) is 19.0. The van der Waals surface area contributed by atoms with Crippen molar-refractivity contribution in [3.05, 3.63) is 58.7 Å². The van der Waals surface area contributed by atoms with Gasteiger partial charge in [-0.2, -0.15) is 13.2 Å². The highest BCUT2D eigenvalue weighted by atomic mass is 19.4. The van der Waals surface area contributed by atoms with E-state index in [1.54, 1.807) is 24.1 Å². The molecule has 2 heterocycles. The molecule has 40 heavy (non-hydrogen) atoms. The minimum absolute atomic E-state index is 0.0409. The number of ether oxygens (including phenoxy) is 1. The number of alkyl halides is 3. The molecule has 3 N–H and O–H groups in total. The van der Waals surface area contributed by atoms with E-state index >= 15 is 0 Å². The summed E-state index contributed by atoms with van der Waals surface area (Å²) in [6.07, 6.45) is -0.190. The van der Waals surface area contributed by atoms with Crippen molar-refractivity contribution in [2.24, 2.45) is 5.92 Å². The Morgan fingerprint density at radius 1 is 1.20 bits per heavy atom. The maximum absolute atomic E-state index is 13.3. The molecule has 3 aliphatic carbocycles. The van der Waals surface area contributed by atoms with Gasteiger partial charge in [-0.15, -0.1) is 0 Å². The number of carbonyl (C=O) groups excluding carboxylic acids is 1. The summed E-state index contributed by atoms with van der Waals surface area (Å²) in [5, 5.41) is 26.1. The fourth-order valence-electron chi connectivity index (χ4n) is 8.16. The predicted molar refractivity (Wildman–Crippen MR) is 140 cm³/mol. The average Bonchev–Trinajstić information content (AvgIpc) is 3.66. The van der Waals surface area contributed by atoms with Crippen LogP contribution in [0.4, 0.5) is 18.0 Å². The van der Waals surface area contributed by atoms with Crippen LogP contribution in [-0.2, 0) is 24.6 Å². The number of rotatable bonds is 5. The van der Waals surface area contributed by atoms with Gasteiger partial charge in [0.15, 0.2) is 11.5 Å². The molecule has 0 aromatic heterocycles. The number of halogens is 3. The number of likely N-dealkylation sites (N-methyl/N-ethyl adjacent to an activating group) is 1. The Hall–Kier alpha value is -2.98. The van der Waals surface area contributed by atoms with E-state index in [1.165, 1.54) is 18.9 Å². The molecule has 5 atom stereocenters. The molecule has 10 heteroatoms. The molecular formula is C30H34F3N3O4. The smallest absolute Gasteiger partial charge is 0.416 e. The number of carbonyl (C=O) groups is 1. The second-order valence-corrected chi connectivity index (χ2v) is 12.4. The highest BCUT2D eigenvalue weighted by Crippen LogP contribution is 2.66. The molecular weight excluding hydrogens is 523 g/mol. The van der Waals surface area contributed by atoms with Crippen LogP contribution < -0.4 is 10.1 Å². The number of phenolic OH excluding ortho intramolecular Hbond substituents is 1. The number of aromatic hydroxyl groups is 1. The van der Waals surface area contributed by atoms with E-state index in [0.717, 1.165) is 36.3 Å². The molecule has 0 radical (unpaired) electrons. The van der Waals surface area contributed by atoms with Crippen LogP contribution in [0.15, 0.2) is 36.4 Å². The Labute approximate surface area is 230 Å². The molecule has 2 aliphatic heterocycles. The van der Waals surface area contributed by atoms with E-state index < -0.39 is 40.9 Å². The molecule has 0 unspecified atom stereocenters. The number of hydrogen-bond acceptors (Lipinski definition) is 5. The van der Waals surface area contributed by atoms with E-state index in [1.807, 2.05) is 6.07 Å². The minimum atomic E-state index is -4.46. The van der Waals surface area contributed by atoms with Crippen molar-refractivity contribution in [2.45, 2.75) is 80.4 Å². The van der Waals surface area contributed by atoms with Crippen LogP contribution in [0.3, 0.4) is 0 Å². The Kier molecular flexibility index (Phi) is 5.68. The summed E-state index contributed by atoms with van der Waals surface area (Å²) < 4.78 is 45.9. The van der Waals surface area contributed by atoms with Gasteiger partial charge in [-0.05, 0) is 80.3 Å². The maximum Gasteiger partial charge on any atom is 0.416 e. The lowest BCUT2D eigenvalue weighted by atomic mass is 9.48. The number of piperidine rings is 1. The number of amides is 2. The molecule has 2 bridgehead atoms. The Morgan fingerprint density at radius 2 is 2.00 bits per heavy atom. The van der Waals surface area contributed by atoms with Gasteiger partial charge in [0.2, 0.25) is 0 Å². The first-order valence-electron chi connectivity index (χ1n) is 14.2. The number of likely N-dealkylation sites (tertiary alicyclic amines) is 1. The second kappa shape index (κ2) is 8.76. The molecule has 2 aromatic rings. The summed E-state index contributed by atoms with van der Waals surface area (Å²) in [6.45, 7) is 1.75. The largest absolute Gasteiger partial charge is 0.504 e. The van der Waals surface area contributed by atoms with Crippen molar-refractivity contribution in [1.29, 1.82) is 0 Å². The van der Waals surface area contributed by atoms with Crippen molar-refractivity contribution in [2.75, 3.05) is 20.1 Å². The monoisotopic (exact) mass is 557 g/mol. The summed E-state index contributed by atoms with van der Waals surface area (Å²) in [4.78, 5) is 17.4. The minimum Gasteiger partial charge on any atom is -0.504 e. The van der Waals surface area contributed by atoms with Gasteiger partial charge < -0.3 is 25.2 Å². The quantitative estimate of drug-likeness (QED) is 0.514. The lowest BCUT2D eigenvalue weighted by molar-refractivity contribution is -0.197. The zero-order valence-corrected chi connectivity index (χ0v) is 22.4. The van der Waals surface area contributed by atoms with Crippen LogP contribution >= 0.6 is 0 Å². The molecule has 2 saturated carbocycles. The van der Waals surface area contributed by atoms with E-state index in [0.29, 0.717) is 42.9 Å². The molecule has 5 aliphatic rings. The highest BCUT2D eigenvalue weighted by molar-refractivity contribution is 5.75. The Bertz CT molecular complexity index is 1360. The van der Waals surface area contributed by atoms with Gasteiger partial charge in [-0.1, -0.05) is 18.2 Å². The van der Waals surface area contributed by atoms with E-state index in [4.69, 9.17) is 4.74 Å². The van der Waals surface area contributed by atoms with Crippen LogP contribution in [0.2, 0.25) is 0 Å². The molecule has 7 rings (SSSR count). The molecule has 214 valence electrons. The average molecular weight is 558 g/mol. The van der Waals surface area contributed by atoms with Crippen LogP contribution in [0.1, 0.15) is 54.4 Å². The first-order valence-corrected chi connectivity index (χ1v) is 14.2. The number of phenols is 1. The number of nitrogens with zero attached hydrogens (tertiary/aromatic N) is 2. The van der Waals surface area contributed by atoms with Crippen LogP contribution in [0, 0.1) is 5.92 Å². The summed E-state index contributed by atoms with van der Waals surface area (Å²) in [6, 6.07) is 7.66. The summed E-state index contributed by atoms with van der Waals surface area (Å²) >= 11 is 0. The van der Waals surface area contributed by atoms with Gasteiger partial charge in [-0.3, -0.25) is 4.90 Å². The van der Waals surface area contributed by atoms with Gasteiger partial charge in [0.1, 0.15) is 6.10 Å². The number of aliphatic hydroxyl groups is 1. The van der Waals surface area contributed by atoms with E-state index in [2.05, 4.69) is 10.2 Å². The normalized spacial score (nSPS) is 32.3. The topological polar surface area (TPSA) is 85.3 Å².